The fraction of sp³-hybridized carbons (Fsp3) is 0.727. The van der Waals surface area contributed by atoms with E-state index in [0.717, 1.165) is 19.5 Å². The van der Waals surface area contributed by atoms with E-state index in [2.05, 4.69) is 28.8 Å². The van der Waals surface area contributed by atoms with Crippen LogP contribution in [0.15, 0.2) is 6.20 Å². The second-order valence-electron chi connectivity index (χ2n) is 4.11. The van der Waals surface area contributed by atoms with Crippen LogP contribution in [0.3, 0.4) is 0 Å². The average Bonchev–Trinajstić information content (AvgIpc) is 2.77. The van der Waals surface area contributed by atoms with Gasteiger partial charge >= 0.3 is 0 Å². The van der Waals surface area contributed by atoms with Crippen LogP contribution < -0.4 is 5.32 Å². The lowest BCUT2D eigenvalue weighted by Crippen LogP contribution is -2.12. The molecule has 1 saturated heterocycles. The Morgan fingerprint density at radius 2 is 2.50 bits per heavy atom. The van der Waals surface area contributed by atoms with Crippen molar-refractivity contribution in [2.75, 3.05) is 13.1 Å². The molecule has 2 heterocycles. The second kappa shape index (κ2) is 4.13. The summed E-state index contributed by atoms with van der Waals surface area (Å²) >= 11 is 0. The van der Waals surface area contributed by atoms with E-state index in [1.807, 2.05) is 6.20 Å². The Morgan fingerprint density at radius 3 is 3.14 bits per heavy atom. The van der Waals surface area contributed by atoms with Gasteiger partial charge in [-0.2, -0.15) is 0 Å². The molecule has 14 heavy (non-hydrogen) atoms. The fourth-order valence-electron chi connectivity index (χ4n) is 2.20. The Labute approximate surface area is 85.5 Å². The lowest BCUT2D eigenvalue weighted by molar-refractivity contribution is 0.643. The molecule has 0 saturated carbocycles. The second-order valence-corrected chi connectivity index (χ2v) is 4.11. The van der Waals surface area contributed by atoms with E-state index in [9.17, 15) is 0 Å². The molecule has 78 valence electrons. The summed E-state index contributed by atoms with van der Waals surface area (Å²) in [6, 6.07) is 0. The van der Waals surface area contributed by atoms with Crippen LogP contribution in [0, 0.1) is 0 Å². The molecule has 1 N–H and O–H groups in total. The van der Waals surface area contributed by atoms with E-state index in [-0.39, 0.29) is 0 Å². The van der Waals surface area contributed by atoms with E-state index >= 15 is 0 Å². The summed E-state index contributed by atoms with van der Waals surface area (Å²) in [5.74, 6) is 1.89. The van der Waals surface area contributed by atoms with Crippen molar-refractivity contribution in [2.45, 2.75) is 32.1 Å². The Balaban J connectivity index is 2.17. The van der Waals surface area contributed by atoms with Gasteiger partial charge in [-0.05, 0) is 19.4 Å². The van der Waals surface area contributed by atoms with Gasteiger partial charge in [-0.1, -0.05) is 13.3 Å². The van der Waals surface area contributed by atoms with Gasteiger partial charge in [0.15, 0.2) is 0 Å². The van der Waals surface area contributed by atoms with E-state index in [1.54, 1.807) is 0 Å². The van der Waals surface area contributed by atoms with Crippen molar-refractivity contribution in [1.82, 2.24) is 14.9 Å². The van der Waals surface area contributed by atoms with E-state index in [4.69, 9.17) is 0 Å². The van der Waals surface area contributed by atoms with Gasteiger partial charge in [0.05, 0.1) is 0 Å². The van der Waals surface area contributed by atoms with Crippen LogP contribution in [0.25, 0.3) is 0 Å². The van der Waals surface area contributed by atoms with Crippen molar-refractivity contribution in [3.63, 3.8) is 0 Å². The van der Waals surface area contributed by atoms with Crippen LogP contribution in [-0.4, -0.2) is 22.6 Å². The topological polar surface area (TPSA) is 29.9 Å². The van der Waals surface area contributed by atoms with Crippen molar-refractivity contribution in [2.24, 2.45) is 7.05 Å². The lowest BCUT2D eigenvalue weighted by atomic mass is 10.1. The number of nitrogens with one attached hydrogen (secondary N) is 1. The van der Waals surface area contributed by atoms with E-state index < -0.39 is 0 Å². The molecule has 1 unspecified atom stereocenters. The minimum atomic E-state index is 0.630. The smallest absolute Gasteiger partial charge is 0.113 e. The highest BCUT2D eigenvalue weighted by molar-refractivity contribution is 5.10. The van der Waals surface area contributed by atoms with Crippen molar-refractivity contribution in [1.29, 1.82) is 0 Å². The largest absolute Gasteiger partial charge is 0.335 e. The van der Waals surface area contributed by atoms with E-state index in [0.29, 0.717) is 5.92 Å². The Bertz CT molecular complexity index is 297. The number of nitrogens with zero attached hydrogens (tertiary/aromatic N) is 2. The highest BCUT2D eigenvalue weighted by Gasteiger charge is 2.21. The Hall–Kier alpha value is -0.830. The maximum absolute atomic E-state index is 4.54. The van der Waals surface area contributed by atoms with Crippen molar-refractivity contribution >= 4 is 0 Å². The van der Waals surface area contributed by atoms with Crippen molar-refractivity contribution < 1.29 is 0 Å². The molecule has 3 nitrogen and oxygen atoms in total. The van der Waals surface area contributed by atoms with Gasteiger partial charge in [0, 0.05) is 31.4 Å². The third-order valence-corrected chi connectivity index (χ3v) is 3.05. The lowest BCUT2D eigenvalue weighted by Gasteiger charge is -2.09. The number of imidazole rings is 1. The zero-order chi connectivity index (χ0) is 9.97. The van der Waals surface area contributed by atoms with Gasteiger partial charge < -0.3 is 9.88 Å². The molecule has 0 bridgehead atoms. The zero-order valence-electron chi connectivity index (χ0n) is 9.08. The highest BCUT2D eigenvalue weighted by Crippen LogP contribution is 2.21. The van der Waals surface area contributed by atoms with E-state index in [1.165, 1.54) is 24.4 Å². The molecule has 1 aromatic heterocycles. The molecule has 0 amide bonds. The van der Waals surface area contributed by atoms with Gasteiger partial charge in [0.1, 0.15) is 5.82 Å². The molecule has 0 spiro atoms. The predicted octanol–water partition coefficient (Wildman–Crippen LogP) is 1.45. The van der Waals surface area contributed by atoms with Gasteiger partial charge in [-0.15, -0.1) is 0 Å². The first-order chi connectivity index (χ1) is 6.83. The summed E-state index contributed by atoms with van der Waals surface area (Å²) in [4.78, 5) is 4.54. The van der Waals surface area contributed by atoms with Crippen LogP contribution in [0.5, 0.6) is 0 Å². The molecule has 0 aliphatic carbocycles. The number of aryl methyl sites for hydroxylation is 1. The summed E-state index contributed by atoms with van der Waals surface area (Å²) < 4.78 is 2.28. The number of aromatic nitrogens is 2. The van der Waals surface area contributed by atoms with Crippen LogP contribution in [0.1, 0.15) is 37.2 Å². The van der Waals surface area contributed by atoms with Crippen LogP contribution in [0.4, 0.5) is 0 Å². The number of hydrogen-bond acceptors (Lipinski definition) is 2. The maximum atomic E-state index is 4.54. The maximum Gasteiger partial charge on any atom is 0.113 e. The monoisotopic (exact) mass is 193 g/mol. The first-order valence-corrected chi connectivity index (χ1v) is 5.54. The first-order valence-electron chi connectivity index (χ1n) is 5.54. The third-order valence-electron chi connectivity index (χ3n) is 3.05. The minimum absolute atomic E-state index is 0.630. The number of hydrogen-bond donors (Lipinski definition) is 1. The highest BCUT2D eigenvalue weighted by atomic mass is 15.1. The standard InChI is InChI=1S/C11H19N3/c1-3-4-10-8-13-11(14(10)2)9-5-6-12-7-9/h8-9,12H,3-7H2,1-2H3. The van der Waals surface area contributed by atoms with Gasteiger partial charge in [-0.3, -0.25) is 0 Å². The summed E-state index contributed by atoms with van der Waals surface area (Å²) in [6.07, 6.45) is 5.61. The van der Waals surface area contributed by atoms with Gasteiger partial charge in [0.25, 0.3) is 0 Å². The fourth-order valence-corrected chi connectivity index (χ4v) is 2.20. The Morgan fingerprint density at radius 1 is 1.64 bits per heavy atom. The molecule has 0 radical (unpaired) electrons. The Kier molecular flexibility index (Phi) is 2.87. The van der Waals surface area contributed by atoms with Crippen molar-refractivity contribution in [3.05, 3.63) is 17.7 Å². The molecule has 1 aromatic rings. The van der Waals surface area contributed by atoms with Gasteiger partial charge in [-0.25, -0.2) is 4.98 Å². The molecule has 1 aliphatic rings. The van der Waals surface area contributed by atoms with Crippen LogP contribution in [0.2, 0.25) is 0 Å². The molecule has 1 atom stereocenters. The average molecular weight is 193 g/mol. The summed E-state index contributed by atoms with van der Waals surface area (Å²) in [7, 11) is 2.14. The predicted molar refractivity (Wildman–Crippen MR) is 57.4 cm³/mol. The molecule has 0 aromatic carbocycles. The first kappa shape index (κ1) is 9.71. The zero-order valence-corrected chi connectivity index (χ0v) is 9.08. The summed E-state index contributed by atoms with van der Waals surface area (Å²) in [5.41, 5.74) is 1.37. The minimum Gasteiger partial charge on any atom is -0.335 e. The molecule has 3 heteroatoms. The number of rotatable bonds is 3. The molecular formula is C11H19N3. The molecule has 1 fully saturated rings. The summed E-state index contributed by atoms with van der Waals surface area (Å²) in [6.45, 7) is 4.45. The molecule has 1 aliphatic heterocycles. The van der Waals surface area contributed by atoms with Gasteiger partial charge in [0.2, 0.25) is 0 Å². The normalized spacial score (nSPS) is 21.7. The van der Waals surface area contributed by atoms with Crippen LogP contribution in [-0.2, 0) is 13.5 Å². The molecular weight excluding hydrogens is 174 g/mol. The molecule has 2 rings (SSSR count). The SMILES string of the molecule is CCCc1cnc(C2CCNC2)n1C. The summed E-state index contributed by atoms with van der Waals surface area (Å²) in [5, 5.41) is 3.39. The van der Waals surface area contributed by atoms with Crippen LogP contribution >= 0.6 is 0 Å². The third kappa shape index (κ3) is 1.69. The van der Waals surface area contributed by atoms with Crippen molar-refractivity contribution in [3.8, 4) is 0 Å². The quantitative estimate of drug-likeness (QED) is 0.787.